The van der Waals surface area contributed by atoms with E-state index in [1.165, 1.54) is 114 Å². The second-order valence-electron chi connectivity index (χ2n) is 26.8. The molecule has 6 aromatic carbocycles. The zero-order valence-electron chi connectivity index (χ0n) is 47.2. The van der Waals surface area contributed by atoms with Crippen molar-refractivity contribution in [1.82, 2.24) is 0 Å². The first kappa shape index (κ1) is 53.3. The Bertz CT molecular complexity index is 2990. The predicted octanol–water partition coefficient (Wildman–Crippen LogP) is 17.6. The van der Waals surface area contributed by atoms with Gasteiger partial charge in [0.1, 0.15) is 0 Å². The van der Waals surface area contributed by atoms with Gasteiger partial charge in [-0.25, -0.2) is 0 Å². The summed E-state index contributed by atoms with van der Waals surface area (Å²) in [5, 5.41) is 2.97. The molecule has 3 aliphatic rings. The van der Waals surface area contributed by atoms with E-state index < -0.39 is 25.9 Å². The van der Waals surface area contributed by atoms with E-state index in [0.717, 1.165) is 12.8 Å². The summed E-state index contributed by atoms with van der Waals surface area (Å²) in [6, 6.07) is 41.0. The number of aryl methyl sites for hydroxylation is 2. The normalized spacial score (nSPS) is 17.7. The molecular weight excluding hydrogens is 1010 g/mol. The molecular formula is C68H83Cl2SiZr. The third-order valence-corrected chi connectivity index (χ3v) is 39.7. The fourth-order valence-corrected chi connectivity index (χ4v) is 41.1. The van der Waals surface area contributed by atoms with Crippen LogP contribution < -0.4 is 13.6 Å². The van der Waals surface area contributed by atoms with Gasteiger partial charge in [-0.15, -0.1) is 0 Å². The molecule has 6 aromatic rings. The van der Waals surface area contributed by atoms with Crippen molar-refractivity contribution in [3.63, 3.8) is 0 Å². The van der Waals surface area contributed by atoms with Crippen LogP contribution in [0.5, 0.6) is 0 Å². The Morgan fingerprint density at radius 2 is 0.875 bits per heavy atom. The minimum absolute atomic E-state index is 0.0206. The SMILES string of the molecule is CCc1ccc2c(c1-c1cc(C(C)(C)C)cc(C(C)(C)C)c1)C=C(C(C)C)[CH]2[Zr]([Cl])([Cl])([c]1cccc2c1[SiH2]c1ccccc1-2)[CH]1C(C(C)C)=Cc2c1ccc(CC)c2-c1cc(C(C)(C)C)cc(C(C)(C)C)c1. The molecule has 0 N–H and O–H groups in total. The Kier molecular flexibility index (Phi) is 13.6. The van der Waals surface area contributed by atoms with Crippen molar-refractivity contribution >= 4 is 52.3 Å². The van der Waals surface area contributed by atoms with Crippen molar-refractivity contribution in [3.05, 3.63) is 170 Å². The zero-order valence-corrected chi connectivity index (χ0v) is 52.5. The number of hydrogen-bond donors (Lipinski definition) is 0. The maximum atomic E-state index is 9.69. The monoisotopic (exact) mass is 1090 g/mol. The predicted molar refractivity (Wildman–Crippen MR) is 319 cm³/mol. The van der Waals surface area contributed by atoms with Crippen LogP contribution in [0.25, 0.3) is 45.5 Å². The number of benzene rings is 6. The molecule has 1 heterocycles. The quantitative estimate of drug-likeness (QED) is 0.126. The number of rotatable bonds is 9. The van der Waals surface area contributed by atoms with E-state index in [1.807, 2.05) is 0 Å². The molecule has 2 atom stereocenters. The summed E-state index contributed by atoms with van der Waals surface area (Å²) in [5.41, 5.74) is 24.3. The van der Waals surface area contributed by atoms with Crippen molar-refractivity contribution in [1.29, 1.82) is 0 Å². The molecule has 0 radical (unpaired) electrons. The average Bonchev–Trinajstić information content (AvgIpc) is 4.02. The Morgan fingerprint density at radius 3 is 1.25 bits per heavy atom. The summed E-state index contributed by atoms with van der Waals surface area (Å²) < 4.78 is 0.983. The van der Waals surface area contributed by atoms with Crippen molar-refractivity contribution in [2.75, 3.05) is 0 Å². The van der Waals surface area contributed by atoms with Gasteiger partial charge in [0.2, 0.25) is 0 Å². The summed E-state index contributed by atoms with van der Waals surface area (Å²) >= 11 is -5.87. The van der Waals surface area contributed by atoms with Crippen molar-refractivity contribution in [3.8, 4) is 33.4 Å². The van der Waals surface area contributed by atoms with Crippen LogP contribution >= 0.6 is 17.0 Å². The van der Waals surface area contributed by atoms with E-state index in [-0.39, 0.29) is 40.7 Å². The molecule has 377 valence electrons. The van der Waals surface area contributed by atoms with Gasteiger partial charge in [-0.2, -0.15) is 0 Å². The second kappa shape index (κ2) is 18.4. The van der Waals surface area contributed by atoms with E-state index in [2.05, 4.69) is 240 Å². The van der Waals surface area contributed by atoms with Crippen LogP contribution in [0.2, 0.25) is 0 Å². The molecule has 0 amide bonds. The molecule has 0 saturated carbocycles. The van der Waals surface area contributed by atoms with Crippen LogP contribution in [0.3, 0.4) is 0 Å². The van der Waals surface area contributed by atoms with E-state index in [4.69, 9.17) is 0 Å². The number of hydrogen-bond acceptors (Lipinski definition) is 0. The Balaban J connectivity index is 1.41. The Morgan fingerprint density at radius 1 is 0.486 bits per heavy atom. The molecule has 2 unspecified atom stereocenters. The van der Waals surface area contributed by atoms with Gasteiger partial charge in [-0.3, -0.25) is 0 Å². The second-order valence-corrected chi connectivity index (χ2v) is 49.2. The van der Waals surface area contributed by atoms with E-state index in [1.54, 1.807) is 0 Å². The average molecular weight is 1090 g/mol. The molecule has 9 rings (SSSR count). The van der Waals surface area contributed by atoms with Gasteiger partial charge < -0.3 is 0 Å². The van der Waals surface area contributed by atoms with Crippen LogP contribution in [0.1, 0.15) is 188 Å². The molecule has 0 spiro atoms. The Labute approximate surface area is 446 Å². The van der Waals surface area contributed by atoms with Crippen molar-refractivity contribution in [2.24, 2.45) is 11.8 Å². The molecule has 0 fully saturated rings. The molecule has 4 heteroatoms. The van der Waals surface area contributed by atoms with Gasteiger partial charge in [0.05, 0.1) is 0 Å². The zero-order chi connectivity index (χ0) is 52.4. The van der Waals surface area contributed by atoms with E-state index in [0.29, 0.717) is 0 Å². The molecule has 1 aliphatic heterocycles. The molecule has 2 aliphatic carbocycles. The van der Waals surface area contributed by atoms with Gasteiger partial charge in [0, 0.05) is 0 Å². The van der Waals surface area contributed by atoms with Crippen LogP contribution in [-0.4, -0.2) is 9.52 Å². The van der Waals surface area contributed by atoms with Crippen LogP contribution in [0.4, 0.5) is 0 Å². The summed E-state index contributed by atoms with van der Waals surface area (Å²) in [4.78, 5) is 0. The topological polar surface area (TPSA) is 0 Å². The summed E-state index contributed by atoms with van der Waals surface area (Å²) in [7, 11) is 18.5. The van der Waals surface area contributed by atoms with Crippen molar-refractivity contribution < 1.29 is 16.4 Å². The van der Waals surface area contributed by atoms with Gasteiger partial charge in [-0.1, -0.05) is 0 Å². The fraction of sp³-hybridized carbons (Fsp3) is 0.412. The summed E-state index contributed by atoms with van der Waals surface area (Å²) in [6.07, 6.45) is 7.06. The minimum atomic E-state index is -5.87. The first-order chi connectivity index (χ1) is 33.5. The molecule has 0 bridgehead atoms. The molecule has 0 nitrogen and oxygen atoms in total. The van der Waals surface area contributed by atoms with Crippen LogP contribution in [0, 0.1) is 11.8 Å². The number of halogens is 2. The van der Waals surface area contributed by atoms with Gasteiger partial charge >= 0.3 is 450 Å². The summed E-state index contributed by atoms with van der Waals surface area (Å²) in [6.45, 7) is 42.5. The van der Waals surface area contributed by atoms with E-state index in [9.17, 15) is 17.0 Å². The van der Waals surface area contributed by atoms with Gasteiger partial charge in [-0.05, 0) is 0 Å². The third kappa shape index (κ3) is 8.85. The van der Waals surface area contributed by atoms with E-state index >= 15 is 0 Å². The fourth-order valence-electron chi connectivity index (χ4n) is 12.8. The molecule has 0 aromatic heterocycles. The first-order valence-electron chi connectivity index (χ1n) is 27.3. The first-order valence-corrected chi connectivity index (χ1v) is 39.1. The number of allylic oxidation sites excluding steroid dienone is 2. The summed E-state index contributed by atoms with van der Waals surface area (Å²) in [5.74, 6) is 0.425. The molecule has 72 heavy (non-hydrogen) atoms. The van der Waals surface area contributed by atoms with Gasteiger partial charge in [0.25, 0.3) is 0 Å². The molecule has 0 saturated heterocycles. The Hall–Kier alpha value is -3.52. The van der Waals surface area contributed by atoms with Crippen LogP contribution in [0.15, 0.2) is 114 Å². The standard InChI is InChI=1S/2C28H37.C12H9Si.2ClH.Zr/c2*1-10-19-11-12-20-13-21(18(2)3)16-25(20)26(19)22-14-23(27(4,5)6)17-24(15-22)28(7,8)9;1-3-7-11-9(5-1)10-6-2-4-8-12(10)13-11;;;/h2*11-18H,10H2,1-9H3;1-7H,13H2;2*1H;/q;;;;;+2/p-2. The van der Waals surface area contributed by atoms with Gasteiger partial charge in [0.15, 0.2) is 0 Å². The number of fused-ring (bicyclic) bond motifs is 5. The maximum absolute atomic E-state index is 9.69. The van der Waals surface area contributed by atoms with Crippen LogP contribution in [-0.2, 0) is 50.9 Å². The third-order valence-electron chi connectivity index (χ3n) is 17.1. The van der Waals surface area contributed by atoms with Crippen molar-refractivity contribution in [2.45, 2.75) is 166 Å².